The van der Waals surface area contributed by atoms with Gasteiger partial charge in [-0.2, -0.15) is 0 Å². The molecular formula is C19H26N2O3. The quantitative estimate of drug-likeness (QED) is 0.809. The van der Waals surface area contributed by atoms with Gasteiger partial charge in [-0.3, -0.25) is 10.1 Å². The molecule has 0 saturated heterocycles. The van der Waals surface area contributed by atoms with Crippen LogP contribution in [0.4, 0.5) is 10.5 Å². The largest absolute Gasteiger partial charge is 0.453 e. The average molecular weight is 330 g/mol. The van der Waals surface area contributed by atoms with Crippen LogP contribution in [0.2, 0.25) is 0 Å². The number of benzene rings is 1. The van der Waals surface area contributed by atoms with Crippen molar-refractivity contribution in [1.29, 1.82) is 0 Å². The van der Waals surface area contributed by atoms with Gasteiger partial charge in [0.2, 0.25) is 5.91 Å². The molecule has 0 aliphatic heterocycles. The number of rotatable bonds is 5. The minimum atomic E-state index is -0.502. The van der Waals surface area contributed by atoms with E-state index in [2.05, 4.69) is 49.1 Å². The maximum atomic E-state index is 12.4. The van der Waals surface area contributed by atoms with Crippen molar-refractivity contribution in [2.45, 2.75) is 34.2 Å². The third kappa shape index (κ3) is 4.16. The standard InChI is InChI=1S/C19H26N2O3/c1-12(2)10-15-16(19(15,3)4)17(22)20-11-13-6-8-14(9-7-13)21-18(23)24-5/h6-10,15-16H,11H2,1-5H3,(H,20,22)(H,21,23)/t15-,16-/m1/s1. The Morgan fingerprint density at radius 3 is 2.38 bits per heavy atom. The molecule has 0 heterocycles. The van der Waals surface area contributed by atoms with Crippen molar-refractivity contribution in [1.82, 2.24) is 5.32 Å². The molecule has 5 heteroatoms. The number of carbonyl (C=O) groups is 2. The normalized spacial score (nSPS) is 20.7. The van der Waals surface area contributed by atoms with Crippen LogP contribution in [-0.4, -0.2) is 19.1 Å². The molecular weight excluding hydrogens is 304 g/mol. The topological polar surface area (TPSA) is 67.4 Å². The molecule has 2 rings (SSSR count). The molecule has 0 unspecified atom stereocenters. The lowest BCUT2D eigenvalue weighted by molar-refractivity contribution is -0.123. The van der Waals surface area contributed by atoms with Crippen molar-refractivity contribution in [3.63, 3.8) is 0 Å². The molecule has 5 nitrogen and oxygen atoms in total. The summed E-state index contributed by atoms with van der Waals surface area (Å²) in [6.07, 6.45) is 1.69. The van der Waals surface area contributed by atoms with E-state index in [1.54, 1.807) is 12.1 Å². The lowest BCUT2D eigenvalue weighted by atomic mass is 10.1. The second-order valence-corrected chi connectivity index (χ2v) is 7.10. The molecule has 0 spiro atoms. The first-order chi connectivity index (χ1) is 11.3. The Morgan fingerprint density at radius 2 is 1.83 bits per heavy atom. The highest BCUT2D eigenvalue weighted by molar-refractivity contribution is 5.85. The van der Waals surface area contributed by atoms with E-state index in [1.165, 1.54) is 12.7 Å². The predicted octanol–water partition coefficient (Wildman–Crippen LogP) is 3.72. The summed E-state index contributed by atoms with van der Waals surface area (Å²) in [6, 6.07) is 7.31. The molecule has 2 amide bonds. The monoisotopic (exact) mass is 330 g/mol. The van der Waals surface area contributed by atoms with E-state index in [-0.39, 0.29) is 17.2 Å². The number of hydrogen-bond donors (Lipinski definition) is 2. The fourth-order valence-electron chi connectivity index (χ4n) is 3.02. The van der Waals surface area contributed by atoms with Gasteiger partial charge in [0.05, 0.1) is 13.0 Å². The highest BCUT2D eigenvalue weighted by Crippen LogP contribution is 2.59. The predicted molar refractivity (Wildman–Crippen MR) is 94.5 cm³/mol. The highest BCUT2D eigenvalue weighted by atomic mass is 16.5. The molecule has 1 aromatic carbocycles. The SMILES string of the molecule is COC(=O)Nc1ccc(CNC(=O)[C@H]2[C@@H](C=C(C)C)C2(C)C)cc1. The summed E-state index contributed by atoms with van der Waals surface area (Å²) in [5.74, 6) is 0.445. The lowest BCUT2D eigenvalue weighted by Crippen LogP contribution is -2.26. The number of amides is 2. The van der Waals surface area contributed by atoms with E-state index in [9.17, 15) is 9.59 Å². The Bertz CT molecular complexity index is 643. The average Bonchev–Trinajstić information content (AvgIpc) is 3.06. The molecule has 1 saturated carbocycles. The molecule has 24 heavy (non-hydrogen) atoms. The molecule has 0 aromatic heterocycles. The maximum Gasteiger partial charge on any atom is 0.411 e. The number of methoxy groups -OCH3 is 1. The summed E-state index contributed by atoms with van der Waals surface area (Å²) < 4.78 is 4.54. The number of anilines is 1. The second kappa shape index (κ2) is 7.07. The molecule has 0 bridgehead atoms. The van der Waals surface area contributed by atoms with Crippen molar-refractivity contribution in [3.8, 4) is 0 Å². The van der Waals surface area contributed by atoms with Gasteiger partial charge in [-0.15, -0.1) is 0 Å². The summed E-state index contributed by atoms with van der Waals surface area (Å²) in [6.45, 7) is 8.87. The van der Waals surface area contributed by atoms with E-state index in [0.29, 0.717) is 18.2 Å². The molecule has 1 aromatic rings. The molecule has 2 N–H and O–H groups in total. The van der Waals surface area contributed by atoms with Crippen LogP contribution in [0, 0.1) is 17.3 Å². The van der Waals surface area contributed by atoms with Gasteiger partial charge in [0.1, 0.15) is 0 Å². The first-order valence-corrected chi connectivity index (χ1v) is 8.12. The Hall–Kier alpha value is -2.30. The van der Waals surface area contributed by atoms with Crippen molar-refractivity contribution in [3.05, 3.63) is 41.5 Å². The zero-order valence-electron chi connectivity index (χ0n) is 15.0. The molecule has 1 aliphatic rings. The van der Waals surface area contributed by atoms with Crippen LogP contribution < -0.4 is 10.6 Å². The number of carbonyl (C=O) groups excluding carboxylic acids is 2. The number of allylic oxidation sites excluding steroid dienone is 2. The molecule has 0 radical (unpaired) electrons. The van der Waals surface area contributed by atoms with Gasteiger partial charge in [-0.05, 0) is 42.9 Å². The van der Waals surface area contributed by atoms with Crippen molar-refractivity contribution in [2.24, 2.45) is 17.3 Å². The number of nitrogens with one attached hydrogen (secondary N) is 2. The zero-order chi connectivity index (χ0) is 17.9. The Morgan fingerprint density at radius 1 is 1.21 bits per heavy atom. The van der Waals surface area contributed by atoms with Crippen LogP contribution in [0.25, 0.3) is 0 Å². The Labute approximate surface area is 143 Å². The van der Waals surface area contributed by atoms with Gasteiger partial charge < -0.3 is 10.1 Å². The fourth-order valence-corrected chi connectivity index (χ4v) is 3.02. The van der Waals surface area contributed by atoms with E-state index in [4.69, 9.17) is 0 Å². The van der Waals surface area contributed by atoms with Crippen LogP contribution in [0.1, 0.15) is 33.3 Å². The third-order valence-corrected chi connectivity index (χ3v) is 4.56. The lowest BCUT2D eigenvalue weighted by Gasteiger charge is -2.08. The van der Waals surface area contributed by atoms with E-state index in [1.807, 2.05) is 12.1 Å². The smallest absolute Gasteiger partial charge is 0.411 e. The molecule has 1 fully saturated rings. The fraction of sp³-hybridized carbons (Fsp3) is 0.474. The third-order valence-electron chi connectivity index (χ3n) is 4.56. The summed E-state index contributed by atoms with van der Waals surface area (Å²) >= 11 is 0. The van der Waals surface area contributed by atoms with Crippen molar-refractivity contribution < 1.29 is 14.3 Å². The summed E-state index contributed by atoms with van der Waals surface area (Å²) in [5, 5.41) is 5.60. The van der Waals surface area contributed by atoms with Crippen LogP contribution in [0.3, 0.4) is 0 Å². The van der Waals surface area contributed by atoms with Crippen LogP contribution in [-0.2, 0) is 16.1 Å². The highest BCUT2D eigenvalue weighted by Gasteiger charge is 2.60. The maximum absolute atomic E-state index is 12.4. The van der Waals surface area contributed by atoms with Gasteiger partial charge in [0, 0.05) is 12.2 Å². The molecule has 130 valence electrons. The van der Waals surface area contributed by atoms with Gasteiger partial charge >= 0.3 is 6.09 Å². The second-order valence-electron chi connectivity index (χ2n) is 7.10. The first-order valence-electron chi connectivity index (χ1n) is 8.12. The summed E-state index contributed by atoms with van der Waals surface area (Å²) in [5.41, 5.74) is 2.91. The van der Waals surface area contributed by atoms with Gasteiger partial charge in [-0.25, -0.2) is 4.79 Å². The van der Waals surface area contributed by atoms with Crippen molar-refractivity contribution in [2.75, 3.05) is 12.4 Å². The molecule has 1 aliphatic carbocycles. The molecule has 2 atom stereocenters. The minimum absolute atomic E-state index is 0.0235. The van der Waals surface area contributed by atoms with Gasteiger partial charge in [0.15, 0.2) is 0 Å². The van der Waals surface area contributed by atoms with E-state index < -0.39 is 6.09 Å². The zero-order valence-corrected chi connectivity index (χ0v) is 15.0. The summed E-state index contributed by atoms with van der Waals surface area (Å²) in [7, 11) is 1.32. The summed E-state index contributed by atoms with van der Waals surface area (Å²) in [4.78, 5) is 23.6. The number of ether oxygens (including phenoxy) is 1. The van der Waals surface area contributed by atoms with Crippen LogP contribution in [0.5, 0.6) is 0 Å². The van der Waals surface area contributed by atoms with Crippen LogP contribution in [0.15, 0.2) is 35.9 Å². The van der Waals surface area contributed by atoms with Crippen molar-refractivity contribution >= 4 is 17.7 Å². The first kappa shape index (κ1) is 18.0. The minimum Gasteiger partial charge on any atom is -0.453 e. The van der Waals surface area contributed by atoms with Crippen LogP contribution >= 0.6 is 0 Å². The number of hydrogen-bond acceptors (Lipinski definition) is 3. The van der Waals surface area contributed by atoms with Gasteiger partial charge in [-0.1, -0.05) is 37.6 Å². The van der Waals surface area contributed by atoms with E-state index in [0.717, 1.165) is 5.56 Å². The Balaban J connectivity index is 1.88. The Kier molecular flexibility index (Phi) is 5.32. The van der Waals surface area contributed by atoms with E-state index >= 15 is 0 Å². The van der Waals surface area contributed by atoms with Gasteiger partial charge in [0.25, 0.3) is 0 Å².